The molecule has 0 spiro atoms. The van der Waals surface area contributed by atoms with E-state index in [1.54, 1.807) is 0 Å². The molecule has 7 rings (SSSR count). The van der Waals surface area contributed by atoms with E-state index in [0.717, 1.165) is 46.8 Å². The number of rotatable bonds is 8. The first-order valence-corrected chi connectivity index (χ1v) is 19.6. The summed E-state index contributed by atoms with van der Waals surface area (Å²) in [6, 6.07) is 25.9. The van der Waals surface area contributed by atoms with Gasteiger partial charge in [0.2, 0.25) is 5.69 Å². The zero-order chi connectivity index (χ0) is 35.4. The molecule has 7 heteroatoms. The highest BCUT2D eigenvalue weighted by molar-refractivity contribution is 7.85. The molecule has 0 saturated heterocycles. The van der Waals surface area contributed by atoms with Gasteiger partial charge in [-0.1, -0.05) is 92.2 Å². The molecule has 50 heavy (non-hydrogen) atoms. The third kappa shape index (κ3) is 6.06. The average Bonchev–Trinajstić information content (AvgIpc) is 3.42. The van der Waals surface area contributed by atoms with E-state index in [1.165, 1.54) is 44.1 Å². The normalized spacial score (nSPS) is 20.3. The second kappa shape index (κ2) is 13.0. The fraction of sp³-hybridized carbons (Fsp3) is 0.326. The van der Waals surface area contributed by atoms with Crippen molar-refractivity contribution in [1.29, 1.82) is 0 Å². The number of allylic oxidation sites excluding steroid dienone is 8. The molecule has 4 aromatic carbocycles. The molecule has 0 fully saturated rings. The van der Waals surface area contributed by atoms with E-state index < -0.39 is 10.1 Å². The van der Waals surface area contributed by atoms with Gasteiger partial charge in [0.15, 0.2) is 5.71 Å². The summed E-state index contributed by atoms with van der Waals surface area (Å²) in [4.78, 5) is 2.33. The van der Waals surface area contributed by atoms with Gasteiger partial charge >= 0.3 is 0 Å². The number of unbranched alkanes of at least 4 members (excludes halogenated alkanes) is 1. The Labute approximate surface area is 301 Å². The SMILES string of the molecule is C[N+]1=C(C=CC2=C(Cl)C(=CC=C3N(CCCCS(=O)(=O)O)c4ccc5ccccc5c4C3(C)C)CCC2)C(C)(C)c2c1ccc1ccccc21. The van der Waals surface area contributed by atoms with E-state index >= 15 is 0 Å². The molecule has 1 aliphatic carbocycles. The molecule has 1 N–H and O–H groups in total. The van der Waals surface area contributed by atoms with E-state index in [-0.39, 0.29) is 16.6 Å². The summed E-state index contributed by atoms with van der Waals surface area (Å²) in [6.07, 6.45) is 12.8. The van der Waals surface area contributed by atoms with E-state index in [9.17, 15) is 13.0 Å². The molecule has 0 amide bonds. The Morgan fingerprint density at radius 2 is 1.48 bits per heavy atom. The van der Waals surface area contributed by atoms with E-state index in [0.29, 0.717) is 19.4 Å². The van der Waals surface area contributed by atoms with E-state index in [1.807, 2.05) is 0 Å². The van der Waals surface area contributed by atoms with Gasteiger partial charge in [-0.3, -0.25) is 4.55 Å². The Balaban J connectivity index is 1.22. The number of fused-ring (bicyclic) bond motifs is 6. The summed E-state index contributed by atoms with van der Waals surface area (Å²) in [5.41, 5.74) is 9.28. The molecule has 0 radical (unpaired) electrons. The minimum absolute atomic E-state index is 0.162. The lowest BCUT2D eigenvalue weighted by molar-refractivity contribution is -0.401. The smallest absolute Gasteiger partial charge is 0.264 e. The number of hydrogen-bond acceptors (Lipinski definition) is 3. The molecule has 0 aromatic heterocycles. The van der Waals surface area contributed by atoms with Crippen LogP contribution in [0.15, 0.2) is 119 Å². The van der Waals surface area contributed by atoms with Crippen LogP contribution in [0.4, 0.5) is 11.4 Å². The Kier molecular flexibility index (Phi) is 8.95. The van der Waals surface area contributed by atoms with Crippen LogP contribution >= 0.6 is 11.6 Å². The van der Waals surface area contributed by atoms with Gasteiger partial charge in [-0.2, -0.15) is 13.0 Å². The van der Waals surface area contributed by atoms with Crippen LogP contribution in [0.1, 0.15) is 70.9 Å². The Bertz CT molecular complexity index is 2310. The molecule has 3 aliphatic rings. The van der Waals surface area contributed by atoms with Crippen LogP contribution in [-0.2, 0) is 20.9 Å². The van der Waals surface area contributed by atoms with Gasteiger partial charge in [0.05, 0.1) is 11.2 Å². The largest absolute Gasteiger partial charge is 0.344 e. The lowest BCUT2D eigenvalue weighted by Crippen LogP contribution is -2.27. The maximum Gasteiger partial charge on any atom is 0.264 e. The van der Waals surface area contributed by atoms with Crippen molar-refractivity contribution in [2.24, 2.45) is 0 Å². The highest BCUT2D eigenvalue weighted by Crippen LogP contribution is 2.51. The predicted molar refractivity (Wildman–Crippen MR) is 210 cm³/mol. The van der Waals surface area contributed by atoms with Crippen molar-refractivity contribution in [2.45, 2.75) is 70.6 Å². The number of halogens is 1. The zero-order valence-corrected chi connectivity index (χ0v) is 31.2. The molecule has 258 valence electrons. The second-order valence-electron chi connectivity index (χ2n) is 15.0. The lowest BCUT2D eigenvalue weighted by atomic mass is 9.79. The highest BCUT2D eigenvalue weighted by Gasteiger charge is 2.44. The third-order valence-corrected chi connectivity index (χ3v) is 12.3. The average molecular weight is 706 g/mol. The summed E-state index contributed by atoms with van der Waals surface area (Å²) in [6.45, 7) is 9.82. The van der Waals surface area contributed by atoms with Crippen molar-refractivity contribution < 1.29 is 17.5 Å². The lowest BCUT2D eigenvalue weighted by Gasteiger charge is -2.27. The molecule has 4 aromatic rings. The summed E-state index contributed by atoms with van der Waals surface area (Å²) >= 11 is 7.23. The third-order valence-electron chi connectivity index (χ3n) is 11.0. The van der Waals surface area contributed by atoms with E-state index in [2.05, 4.69) is 141 Å². The van der Waals surface area contributed by atoms with Crippen molar-refractivity contribution in [3.8, 4) is 0 Å². The number of nitrogens with zero attached hydrogens (tertiary/aromatic N) is 2. The minimum atomic E-state index is -4.00. The zero-order valence-electron chi connectivity index (χ0n) is 29.6. The fourth-order valence-electron chi connectivity index (χ4n) is 8.59. The molecule has 0 atom stereocenters. The highest BCUT2D eigenvalue weighted by atomic mass is 35.5. The predicted octanol–water partition coefficient (Wildman–Crippen LogP) is 10.5. The first kappa shape index (κ1) is 34.5. The van der Waals surface area contributed by atoms with Crippen molar-refractivity contribution in [1.82, 2.24) is 0 Å². The van der Waals surface area contributed by atoms with Gasteiger partial charge in [-0.15, -0.1) is 0 Å². The van der Waals surface area contributed by atoms with Crippen LogP contribution in [0.5, 0.6) is 0 Å². The molecule has 0 saturated carbocycles. The van der Waals surface area contributed by atoms with Crippen LogP contribution in [0.2, 0.25) is 0 Å². The number of benzene rings is 4. The molecular formula is C43H46ClN2O3S+. The monoisotopic (exact) mass is 705 g/mol. The topological polar surface area (TPSA) is 60.6 Å². The molecule has 2 aliphatic heterocycles. The van der Waals surface area contributed by atoms with Gasteiger partial charge in [-0.25, -0.2) is 0 Å². The summed E-state index contributed by atoms with van der Waals surface area (Å²) < 4.78 is 34.5. The van der Waals surface area contributed by atoms with Gasteiger partial charge in [-0.05, 0) is 102 Å². The Hall–Kier alpha value is -3.97. The Morgan fingerprint density at radius 3 is 2.18 bits per heavy atom. The van der Waals surface area contributed by atoms with Gasteiger partial charge in [0, 0.05) is 46.1 Å². The first-order valence-electron chi connectivity index (χ1n) is 17.7. The quantitative estimate of drug-likeness (QED) is 0.113. The number of anilines is 1. The molecular weight excluding hydrogens is 660 g/mol. The van der Waals surface area contributed by atoms with Crippen LogP contribution in [-0.4, -0.2) is 42.6 Å². The van der Waals surface area contributed by atoms with Crippen molar-refractivity contribution in [2.75, 3.05) is 24.2 Å². The maximum atomic E-state index is 11.4. The van der Waals surface area contributed by atoms with Crippen LogP contribution in [0.3, 0.4) is 0 Å². The molecule has 2 heterocycles. The first-order chi connectivity index (χ1) is 23.8. The van der Waals surface area contributed by atoms with Crippen molar-refractivity contribution >= 4 is 60.4 Å². The van der Waals surface area contributed by atoms with Crippen LogP contribution < -0.4 is 4.90 Å². The standard InChI is InChI=1S/C43H45ClN2O3S/c1-42(2)37(45(5)35-23-19-29-13-6-8-17-33(29)39(35)42)25-21-31-15-12-16-32(41(31)44)22-26-38-43(3,4)40-34-18-9-7-14-30(34)20-24-36(40)46(38)27-10-11-28-50(47,48)49/h6-9,13-14,17-26H,10-12,15-16,27-28H2,1-5H3/p+1. The fourth-order valence-corrected chi connectivity index (χ4v) is 9.48. The van der Waals surface area contributed by atoms with Crippen LogP contribution in [0.25, 0.3) is 21.5 Å². The summed E-state index contributed by atoms with van der Waals surface area (Å²) in [7, 11) is -1.83. The van der Waals surface area contributed by atoms with E-state index in [4.69, 9.17) is 11.6 Å². The summed E-state index contributed by atoms with van der Waals surface area (Å²) in [5.74, 6) is -0.233. The van der Waals surface area contributed by atoms with Crippen molar-refractivity contribution in [3.63, 3.8) is 0 Å². The molecule has 0 unspecified atom stereocenters. The van der Waals surface area contributed by atoms with Crippen LogP contribution in [0, 0.1) is 0 Å². The minimum Gasteiger partial charge on any atom is -0.344 e. The second-order valence-corrected chi connectivity index (χ2v) is 16.9. The molecule has 5 nitrogen and oxygen atoms in total. The summed E-state index contributed by atoms with van der Waals surface area (Å²) in [5, 5.41) is 5.81. The molecule has 0 bridgehead atoms. The van der Waals surface area contributed by atoms with Gasteiger partial charge in [0.25, 0.3) is 10.1 Å². The van der Waals surface area contributed by atoms with Crippen molar-refractivity contribution in [3.05, 3.63) is 130 Å². The maximum absolute atomic E-state index is 11.4. The van der Waals surface area contributed by atoms with Gasteiger partial charge < -0.3 is 4.90 Å². The number of hydrogen-bond donors (Lipinski definition) is 1. The Morgan fingerprint density at radius 1 is 0.820 bits per heavy atom. The van der Waals surface area contributed by atoms with Gasteiger partial charge in [0.1, 0.15) is 7.05 Å².